The van der Waals surface area contributed by atoms with Crippen molar-refractivity contribution in [1.29, 1.82) is 0 Å². The number of benzene rings is 1. The highest BCUT2D eigenvalue weighted by Gasteiger charge is 2.27. The maximum Gasteiger partial charge on any atom is 0.335 e. The molecule has 1 aromatic carbocycles. The second kappa shape index (κ2) is 5.90. The molecular formula is C14H16N2O5. The molecule has 2 rings (SSSR count). The quantitative estimate of drug-likeness (QED) is 0.677. The summed E-state index contributed by atoms with van der Waals surface area (Å²) in [7, 11) is 0. The first-order chi connectivity index (χ1) is 9.92. The van der Waals surface area contributed by atoms with Gasteiger partial charge in [0.05, 0.1) is 10.5 Å². The maximum atomic E-state index is 12.4. The number of nitrogens with zero attached hydrogens (tertiary/aromatic N) is 2. The van der Waals surface area contributed by atoms with Gasteiger partial charge in [-0.3, -0.25) is 14.9 Å². The molecule has 0 aliphatic carbocycles. The monoisotopic (exact) mass is 292 g/mol. The zero-order valence-electron chi connectivity index (χ0n) is 11.6. The van der Waals surface area contributed by atoms with E-state index >= 15 is 0 Å². The van der Waals surface area contributed by atoms with E-state index in [-0.39, 0.29) is 22.7 Å². The van der Waals surface area contributed by atoms with E-state index in [0.717, 1.165) is 25.0 Å². The smallest absolute Gasteiger partial charge is 0.335 e. The van der Waals surface area contributed by atoms with Crippen LogP contribution in [0.2, 0.25) is 0 Å². The van der Waals surface area contributed by atoms with E-state index in [0.29, 0.717) is 19.0 Å². The molecular weight excluding hydrogens is 276 g/mol. The molecule has 1 heterocycles. The van der Waals surface area contributed by atoms with Crippen LogP contribution in [0.1, 0.15) is 40.5 Å². The van der Waals surface area contributed by atoms with Crippen molar-refractivity contribution >= 4 is 17.6 Å². The average Bonchev–Trinajstić information content (AvgIpc) is 2.94. The zero-order valence-corrected chi connectivity index (χ0v) is 11.6. The van der Waals surface area contributed by atoms with E-state index in [1.165, 1.54) is 6.07 Å². The van der Waals surface area contributed by atoms with Crippen LogP contribution in [0.15, 0.2) is 18.2 Å². The fourth-order valence-electron chi connectivity index (χ4n) is 2.50. The van der Waals surface area contributed by atoms with Crippen LogP contribution in [-0.4, -0.2) is 39.9 Å². The average molecular weight is 292 g/mol. The van der Waals surface area contributed by atoms with E-state index < -0.39 is 10.9 Å². The number of aromatic carboxylic acids is 1. The molecule has 0 spiro atoms. The van der Waals surface area contributed by atoms with Gasteiger partial charge in [0, 0.05) is 30.8 Å². The van der Waals surface area contributed by atoms with Crippen molar-refractivity contribution in [3.8, 4) is 0 Å². The van der Waals surface area contributed by atoms with Crippen molar-refractivity contribution < 1.29 is 19.6 Å². The van der Waals surface area contributed by atoms with Gasteiger partial charge in [0.2, 0.25) is 0 Å². The van der Waals surface area contributed by atoms with Gasteiger partial charge in [-0.25, -0.2) is 4.79 Å². The molecule has 1 amide bonds. The number of carboxylic acid groups (broad SMARTS) is 1. The van der Waals surface area contributed by atoms with E-state index in [9.17, 15) is 19.7 Å². The molecule has 112 valence electrons. The van der Waals surface area contributed by atoms with E-state index in [4.69, 9.17) is 5.11 Å². The summed E-state index contributed by atoms with van der Waals surface area (Å²) in [4.78, 5) is 35.2. The van der Waals surface area contributed by atoms with Crippen molar-refractivity contribution in [2.75, 3.05) is 13.1 Å². The largest absolute Gasteiger partial charge is 0.478 e. The lowest BCUT2D eigenvalue weighted by atomic mass is 10.1. The molecule has 1 aromatic rings. The first kappa shape index (κ1) is 15.0. The predicted octanol–water partition coefficient (Wildman–Crippen LogP) is 2.17. The van der Waals surface area contributed by atoms with Gasteiger partial charge in [0.15, 0.2) is 0 Å². The number of carboxylic acids is 1. The summed E-state index contributed by atoms with van der Waals surface area (Å²) in [5, 5.41) is 19.9. The van der Waals surface area contributed by atoms with Crippen LogP contribution in [0.3, 0.4) is 0 Å². The lowest BCUT2D eigenvalue weighted by Gasteiger charge is -2.16. The number of nitro groups is 1. The topological polar surface area (TPSA) is 101 Å². The third kappa shape index (κ3) is 3.18. The Morgan fingerprint density at radius 2 is 2.05 bits per heavy atom. The summed E-state index contributed by atoms with van der Waals surface area (Å²) >= 11 is 0. The summed E-state index contributed by atoms with van der Waals surface area (Å²) in [5.74, 6) is -1.20. The molecule has 0 radical (unpaired) electrons. The lowest BCUT2D eigenvalue weighted by molar-refractivity contribution is -0.384. The van der Waals surface area contributed by atoms with Crippen LogP contribution in [0.5, 0.6) is 0 Å². The molecule has 7 heteroatoms. The summed E-state index contributed by atoms with van der Waals surface area (Å²) in [6.45, 7) is 3.26. The Morgan fingerprint density at radius 3 is 2.57 bits per heavy atom. The Hall–Kier alpha value is -2.44. The van der Waals surface area contributed by atoms with Crippen LogP contribution >= 0.6 is 0 Å². The van der Waals surface area contributed by atoms with E-state index in [1.807, 2.05) is 0 Å². The number of carbonyl (C=O) groups excluding carboxylic acids is 1. The number of hydrogen-bond donors (Lipinski definition) is 1. The van der Waals surface area contributed by atoms with Crippen LogP contribution in [-0.2, 0) is 0 Å². The highest BCUT2D eigenvalue weighted by atomic mass is 16.6. The molecule has 1 aliphatic rings. The molecule has 1 aliphatic heterocycles. The molecule has 1 fully saturated rings. The van der Waals surface area contributed by atoms with Gasteiger partial charge < -0.3 is 10.0 Å². The number of amides is 1. The minimum absolute atomic E-state index is 0.0540. The zero-order chi connectivity index (χ0) is 15.6. The van der Waals surface area contributed by atoms with E-state index in [2.05, 4.69) is 6.92 Å². The Kier molecular flexibility index (Phi) is 4.21. The van der Waals surface area contributed by atoms with Gasteiger partial charge in [-0.1, -0.05) is 13.3 Å². The molecule has 0 aromatic heterocycles. The number of nitro benzene ring substituents is 1. The van der Waals surface area contributed by atoms with Crippen molar-refractivity contribution in [1.82, 2.24) is 4.90 Å². The highest BCUT2D eigenvalue weighted by Crippen LogP contribution is 2.23. The Morgan fingerprint density at radius 1 is 1.38 bits per heavy atom. The molecule has 21 heavy (non-hydrogen) atoms. The van der Waals surface area contributed by atoms with Gasteiger partial charge in [-0.2, -0.15) is 0 Å². The fraction of sp³-hybridized carbons (Fsp3) is 0.429. The van der Waals surface area contributed by atoms with Crippen LogP contribution in [0.25, 0.3) is 0 Å². The van der Waals surface area contributed by atoms with Crippen LogP contribution < -0.4 is 0 Å². The van der Waals surface area contributed by atoms with Crippen molar-refractivity contribution in [3.05, 3.63) is 39.4 Å². The standard InChI is InChI=1S/C14H16N2O5/c1-2-9-3-4-15(8-9)13(17)10-5-11(14(18)19)7-12(6-10)16(20)21/h5-7,9H,2-4,8H2,1H3,(H,18,19). The Bertz CT molecular complexity index is 567. The normalized spacial score (nSPS) is 17.8. The minimum Gasteiger partial charge on any atom is -0.478 e. The third-order valence-corrected chi connectivity index (χ3v) is 3.77. The molecule has 1 atom stereocenters. The van der Waals surface area contributed by atoms with Gasteiger partial charge >= 0.3 is 5.97 Å². The van der Waals surface area contributed by atoms with Crippen molar-refractivity contribution in [2.24, 2.45) is 5.92 Å². The summed E-state index contributed by atoms with van der Waals surface area (Å²) < 4.78 is 0. The predicted molar refractivity (Wildman–Crippen MR) is 74.4 cm³/mol. The highest BCUT2D eigenvalue weighted by molar-refractivity contribution is 5.98. The number of likely N-dealkylation sites (tertiary alicyclic amines) is 1. The van der Waals surface area contributed by atoms with Gasteiger partial charge in [0.1, 0.15) is 0 Å². The third-order valence-electron chi connectivity index (χ3n) is 3.77. The summed E-state index contributed by atoms with van der Waals surface area (Å²) in [6, 6.07) is 3.28. The van der Waals surface area contributed by atoms with Crippen LogP contribution in [0, 0.1) is 16.0 Å². The minimum atomic E-state index is -1.29. The summed E-state index contributed by atoms with van der Waals surface area (Å²) in [6.07, 6.45) is 1.88. The van der Waals surface area contributed by atoms with Gasteiger partial charge in [0.25, 0.3) is 11.6 Å². The first-order valence-corrected chi connectivity index (χ1v) is 6.74. The van der Waals surface area contributed by atoms with Crippen LogP contribution in [0.4, 0.5) is 5.69 Å². The molecule has 1 N–H and O–H groups in total. The van der Waals surface area contributed by atoms with Crippen molar-refractivity contribution in [2.45, 2.75) is 19.8 Å². The number of carbonyl (C=O) groups is 2. The fourth-order valence-corrected chi connectivity index (χ4v) is 2.50. The number of non-ortho nitro benzene ring substituents is 1. The van der Waals surface area contributed by atoms with E-state index in [1.54, 1.807) is 4.90 Å². The first-order valence-electron chi connectivity index (χ1n) is 6.74. The van der Waals surface area contributed by atoms with Gasteiger partial charge in [-0.05, 0) is 18.4 Å². The maximum absolute atomic E-state index is 12.4. The Balaban J connectivity index is 2.32. The number of hydrogen-bond acceptors (Lipinski definition) is 4. The van der Waals surface area contributed by atoms with Gasteiger partial charge in [-0.15, -0.1) is 0 Å². The van der Waals surface area contributed by atoms with Crippen molar-refractivity contribution in [3.63, 3.8) is 0 Å². The Labute approximate surface area is 121 Å². The second-order valence-electron chi connectivity index (χ2n) is 5.14. The molecule has 1 unspecified atom stereocenters. The summed E-state index contributed by atoms with van der Waals surface area (Å²) in [5.41, 5.74) is -0.582. The molecule has 1 saturated heterocycles. The number of rotatable bonds is 4. The second-order valence-corrected chi connectivity index (χ2v) is 5.14. The lowest BCUT2D eigenvalue weighted by Crippen LogP contribution is -2.28. The molecule has 0 bridgehead atoms. The molecule has 0 saturated carbocycles. The molecule has 7 nitrogen and oxygen atoms in total. The SMILES string of the molecule is CCC1CCN(C(=O)c2cc(C(=O)O)cc([N+](=O)[O-])c2)C1.